The Kier molecular flexibility index (Phi) is 34.6. The third-order valence-corrected chi connectivity index (χ3v) is 15.4. The normalized spacial score (nSPS) is 32.2. The Balaban J connectivity index is 1.72. The van der Waals surface area contributed by atoms with Gasteiger partial charge in [0, 0.05) is 12.8 Å². The van der Waals surface area contributed by atoms with E-state index in [4.69, 9.17) is 37.5 Å². The average Bonchev–Trinajstić information content (AvgIpc) is 3.40. The molecule has 0 bridgehead atoms. The van der Waals surface area contributed by atoms with Crippen LogP contribution in [0, 0.1) is 0 Å². The van der Waals surface area contributed by atoms with Crippen LogP contribution in [0.15, 0.2) is 0 Å². The first kappa shape index (κ1) is 68.7. The van der Waals surface area contributed by atoms with Gasteiger partial charge in [-0.2, -0.15) is 0 Å². The number of phosphoric ester groups is 1. The summed E-state index contributed by atoms with van der Waals surface area (Å²) in [6.07, 6.45) is -7.49. The highest BCUT2D eigenvalue weighted by Gasteiger charge is 2.58. The fraction of sp³-hybridized carbons (Fsp3) is 0.962. The Hall–Kier alpha value is -1.55. The first-order valence-corrected chi connectivity index (χ1v) is 29.9. The van der Waals surface area contributed by atoms with E-state index in [9.17, 15) is 75.2 Å². The molecule has 448 valence electrons. The lowest BCUT2D eigenvalue weighted by Crippen LogP contribution is -2.69. The zero-order chi connectivity index (χ0) is 56.0. The Morgan fingerprint density at radius 3 is 1.16 bits per heavy atom. The minimum absolute atomic E-state index is 0.0259. The predicted octanol–water partition coefficient (Wildman–Crippen LogP) is 2.98. The number of rotatable bonds is 41. The molecule has 2 saturated heterocycles. The van der Waals surface area contributed by atoms with Gasteiger partial charge < -0.3 is 89.5 Å². The van der Waals surface area contributed by atoms with Gasteiger partial charge in [-0.3, -0.25) is 18.6 Å². The molecular formula is C52H97O23P. The predicted molar refractivity (Wildman–Crippen MR) is 273 cm³/mol. The molecule has 10 unspecified atom stereocenters. The number of esters is 2. The van der Waals surface area contributed by atoms with Crippen molar-refractivity contribution in [1.29, 1.82) is 0 Å². The van der Waals surface area contributed by atoms with Gasteiger partial charge in [0.1, 0.15) is 92.1 Å². The molecule has 3 aliphatic rings. The number of phosphoric acid groups is 1. The SMILES string of the molecule is CCCCCCCCCCCCCCCCC(=O)OC[C@H](COP(=O)(O)OC1C(O[C@@H]2OC(CO)[C@H](O)C(O)[C@@H]2O)C(O)C(O)C(O)[C@H]1O[C@H]1OC(CO)[C@@H](O)C(O)[C@H]1O)OC(=O)CCCCCCCCCCCCC. The second kappa shape index (κ2) is 38.2. The number of aliphatic hydroxyl groups excluding tert-OH is 11. The van der Waals surface area contributed by atoms with Gasteiger partial charge in [-0.25, -0.2) is 4.57 Å². The summed E-state index contributed by atoms with van der Waals surface area (Å²) in [5, 5.41) is 116. The van der Waals surface area contributed by atoms with Crippen molar-refractivity contribution in [2.75, 3.05) is 26.4 Å². The molecule has 0 aromatic carbocycles. The molecule has 2 aliphatic heterocycles. The summed E-state index contributed by atoms with van der Waals surface area (Å²) in [6, 6.07) is 0. The molecule has 2 heterocycles. The van der Waals surface area contributed by atoms with Crippen LogP contribution in [0.2, 0.25) is 0 Å². The van der Waals surface area contributed by atoms with Gasteiger partial charge in [0.2, 0.25) is 0 Å². The van der Waals surface area contributed by atoms with Crippen LogP contribution in [0.5, 0.6) is 0 Å². The van der Waals surface area contributed by atoms with Crippen molar-refractivity contribution in [2.24, 2.45) is 0 Å². The third-order valence-electron chi connectivity index (χ3n) is 14.4. The Morgan fingerprint density at radius 2 is 0.789 bits per heavy atom. The average molecular weight is 1120 g/mol. The van der Waals surface area contributed by atoms with E-state index in [1.807, 2.05) is 0 Å². The molecule has 76 heavy (non-hydrogen) atoms. The Morgan fingerprint density at radius 1 is 0.447 bits per heavy atom. The highest BCUT2D eigenvalue weighted by molar-refractivity contribution is 7.47. The number of hydrogen-bond donors (Lipinski definition) is 12. The van der Waals surface area contributed by atoms with Gasteiger partial charge in [-0.15, -0.1) is 0 Å². The second-order valence-corrected chi connectivity index (χ2v) is 22.2. The lowest BCUT2D eigenvalue weighted by atomic mass is 9.84. The van der Waals surface area contributed by atoms with E-state index in [1.165, 1.54) is 89.9 Å². The van der Waals surface area contributed by atoms with Crippen LogP contribution < -0.4 is 0 Å². The van der Waals surface area contributed by atoms with Crippen molar-refractivity contribution in [3.05, 3.63) is 0 Å². The van der Waals surface area contributed by atoms with Crippen LogP contribution in [0.1, 0.15) is 187 Å². The van der Waals surface area contributed by atoms with Crippen molar-refractivity contribution in [2.45, 2.75) is 291 Å². The van der Waals surface area contributed by atoms with Gasteiger partial charge in [-0.1, -0.05) is 162 Å². The van der Waals surface area contributed by atoms with E-state index in [2.05, 4.69) is 13.8 Å². The minimum atomic E-state index is -5.62. The molecular weight excluding hydrogens is 1020 g/mol. The lowest BCUT2D eigenvalue weighted by Gasteiger charge is -2.49. The minimum Gasteiger partial charge on any atom is -0.462 e. The Bertz CT molecular complexity index is 1530. The molecule has 1 aliphatic carbocycles. The number of aliphatic hydroxyl groups is 11. The van der Waals surface area contributed by atoms with Crippen molar-refractivity contribution in [3.8, 4) is 0 Å². The first-order valence-electron chi connectivity index (χ1n) is 28.4. The van der Waals surface area contributed by atoms with Crippen molar-refractivity contribution in [3.63, 3.8) is 0 Å². The van der Waals surface area contributed by atoms with Crippen LogP contribution in [-0.4, -0.2) is 204 Å². The maximum absolute atomic E-state index is 14.0. The van der Waals surface area contributed by atoms with Crippen molar-refractivity contribution < 1.29 is 113 Å². The van der Waals surface area contributed by atoms with E-state index >= 15 is 0 Å². The van der Waals surface area contributed by atoms with E-state index < -0.39 is 150 Å². The summed E-state index contributed by atoms with van der Waals surface area (Å²) in [4.78, 5) is 37.4. The summed E-state index contributed by atoms with van der Waals surface area (Å²) in [5.41, 5.74) is 0. The molecule has 24 heteroatoms. The summed E-state index contributed by atoms with van der Waals surface area (Å²) in [6.45, 7) is 0.992. The molecule has 0 aromatic rings. The molecule has 3 fully saturated rings. The topological polar surface area (TPSA) is 368 Å². The van der Waals surface area contributed by atoms with Gasteiger partial charge in [0.25, 0.3) is 0 Å². The number of carbonyl (C=O) groups is 2. The smallest absolute Gasteiger partial charge is 0.462 e. The number of hydrogen-bond acceptors (Lipinski definition) is 22. The summed E-state index contributed by atoms with van der Waals surface area (Å²) >= 11 is 0. The van der Waals surface area contributed by atoms with E-state index in [1.54, 1.807) is 0 Å². The van der Waals surface area contributed by atoms with Crippen LogP contribution in [0.4, 0.5) is 0 Å². The highest BCUT2D eigenvalue weighted by atomic mass is 31.2. The monoisotopic (exact) mass is 1120 g/mol. The standard InChI is InChI=1S/C52H97O23P/c1-3-5-7-9-11-13-15-16-17-19-20-22-24-26-28-37(55)68-32-34(70-38(56)29-27-25-23-21-18-14-12-10-8-6-4-2)33-69-76(66,67)75-50-48(73-51-46(64)41(59)39(57)35(30-53)71-51)44(62)43(61)45(63)49(50)74-52-47(65)42(60)40(58)36(31-54)72-52/h34-36,39-54,57-65H,3-33H2,1-2H3,(H,66,67)/t34-,35?,36?,39-,40+,41?,42?,43?,44?,45?,46-,47+,48-,49?,50?,51-,52+/m1/s1. The number of carbonyl (C=O) groups excluding carboxylic acids is 2. The molecule has 3 rings (SSSR count). The molecule has 0 aromatic heterocycles. The maximum atomic E-state index is 14.0. The van der Waals surface area contributed by atoms with Crippen LogP contribution >= 0.6 is 7.82 Å². The summed E-state index contributed by atoms with van der Waals surface area (Å²) < 4.78 is 58.0. The molecule has 1 saturated carbocycles. The summed E-state index contributed by atoms with van der Waals surface area (Å²) in [5.74, 6) is -1.33. The molecule has 0 amide bonds. The quantitative estimate of drug-likeness (QED) is 0.0238. The zero-order valence-corrected chi connectivity index (χ0v) is 45.9. The van der Waals surface area contributed by atoms with Gasteiger partial charge in [-0.05, 0) is 12.8 Å². The second-order valence-electron chi connectivity index (χ2n) is 20.8. The molecule has 0 radical (unpaired) electrons. The molecule has 18 atom stereocenters. The van der Waals surface area contributed by atoms with Crippen molar-refractivity contribution in [1.82, 2.24) is 0 Å². The zero-order valence-electron chi connectivity index (χ0n) is 45.0. The lowest BCUT2D eigenvalue weighted by molar-refractivity contribution is -0.360. The van der Waals surface area contributed by atoms with Gasteiger partial charge in [0.15, 0.2) is 18.7 Å². The maximum Gasteiger partial charge on any atom is 0.472 e. The fourth-order valence-corrected chi connectivity index (χ4v) is 10.6. The number of unbranched alkanes of at least 4 members (excludes halogenated alkanes) is 23. The van der Waals surface area contributed by atoms with Crippen LogP contribution in [0.25, 0.3) is 0 Å². The van der Waals surface area contributed by atoms with E-state index in [0.29, 0.717) is 12.8 Å². The van der Waals surface area contributed by atoms with Gasteiger partial charge in [0.05, 0.1) is 19.8 Å². The molecule has 23 nitrogen and oxygen atoms in total. The largest absolute Gasteiger partial charge is 0.472 e. The fourth-order valence-electron chi connectivity index (χ4n) is 9.65. The summed E-state index contributed by atoms with van der Waals surface area (Å²) in [7, 11) is -5.62. The number of ether oxygens (including phenoxy) is 6. The van der Waals surface area contributed by atoms with Crippen LogP contribution in [-0.2, 0) is 51.6 Å². The third kappa shape index (κ3) is 24.3. The van der Waals surface area contributed by atoms with E-state index in [-0.39, 0.29) is 12.8 Å². The first-order chi connectivity index (χ1) is 36.4. The highest BCUT2D eigenvalue weighted by Crippen LogP contribution is 2.49. The van der Waals surface area contributed by atoms with Crippen molar-refractivity contribution >= 4 is 19.8 Å². The van der Waals surface area contributed by atoms with E-state index in [0.717, 1.165) is 57.8 Å². The van der Waals surface area contributed by atoms with Crippen LogP contribution in [0.3, 0.4) is 0 Å². The molecule has 12 N–H and O–H groups in total. The van der Waals surface area contributed by atoms with Gasteiger partial charge >= 0.3 is 19.8 Å². The Labute approximate surface area is 449 Å². The molecule has 0 spiro atoms.